The van der Waals surface area contributed by atoms with Crippen molar-refractivity contribution in [2.45, 2.75) is 26.4 Å². The molecule has 0 amide bonds. The van der Waals surface area contributed by atoms with Gasteiger partial charge in [-0.1, -0.05) is 24.3 Å². The van der Waals surface area contributed by atoms with Crippen LogP contribution in [0.3, 0.4) is 0 Å². The monoisotopic (exact) mass is 205 g/mol. The van der Waals surface area contributed by atoms with Gasteiger partial charge < -0.3 is 4.74 Å². The van der Waals surface area contributed by atoms with Crippen molar-refractivity contribution < 1.29 is 4.74 Å². The fourth-order valence-electron chi connectivity index (χ4n) is 2.00. The van der Waals surface area contributed by atoms with Gasteiger partial charge in [0.2, 0.25) is 0 Å². The maximum absolute atomic E-state index is 5.44. The lowest BCUT2D eigenvalue weighted by Gasteiger charge is -2.33. The average molecular weight is 205 g/mol. The standard InChI is InChI=1S/C13H19NO/c1-11-5-3-4-6-13(11)9-14-7-8-15-10-12(14)2/h3-6,12H,7-10H2,1-2H3/t12-/m0/s1. The predicted octanol–water partition coefficient (Wildman–Crippen LogP) is 2.22. The first-order valence-electron chi connectivity index (χ1n) is 5.63. The third-order valence-corrected chi connectivity index (χ3v) is 3.14. The molecule has 0 saturated carbocycles. The smallest absolute Gasteiger partial charge is 0.0619 e. The molecule has 1 heterocycles. The second kappa shape index (κ2) is 4.77. The molecule has 0 aliphatic carbocycles. The van der Waals surface area contributed by atoms with Crippen molar-refractivity contribution >= 4 is 0 Å². The number of hydrogen-bond donors (Lipinski definition) is 0. The van der Waals surface area contributed by atoms with Crippen molar-refractivity contribution in [2.24, 2.45) is 0 Å². The molecule has 0 spiro atoms. The zero-order valence-corrected chi connectivity index (χ0v) is 9.57. The maximum atomic E-state index is 5.44. The molecule has 1 atom stereocenters. The summed E-state index contributed by atoms with van der Waals surface area (Å²) in [6, 6.07) is 9.16. The van der Waals surface area contributed by atoms with E-state index in [4.69, 9.17) is 4.74 Å². The highest BCUT2D eigenvalue weighted by molar-refractivity contribution is 5.25. The van der Waals surface area contributed by atoms with Crippen LogP contribution in [0.4, 0.5) is 0 Å². The van der Waals surface area contributed by atoms with Crippen LogP contribution >= 0.6 is 0 Å². The van der Waals surface area contributed by atoms with E-state index < -0.39 is 0 Å². The second-order valence-electron chi connectivity index (χ2n) is 4.32. The van der Waals surface area contributed by atoms with Gasteiger partial charge in [-0.15, -0.1) is 0 Å². The van der Waals surface area contributed by atoms with Gasteiger partial charge in [-0.05, 0) is 25.0 Å². The summed E-state index contributed by atoms with van der Waals surface area (Å²) in [4.78, 5) is 2.49. The summed E-state index contributed by atoms with van der Waals surface area (Å²) in [6.07, 6.45) is 0. The largest absolute Gasteiger partial charge is 0.379 e. The molecule has 1 saturated heterocycles. The lowest BCUT2D eigenvalue weighted by molar-refractivity contribution is -0.00444. The summed E-state index contributed by atoms with van der Waals surface area (Å²) < 4.78 is 5.44. The summed E-state index contributed by atoms with van der Waals surface area (Å²) >= 11 is 0. The summed E-state index contributed by atoms with van der Waals surface area (Å²) in [6.45, 7) is 8.26. The Morgan fingerprint density at radius 2 is 2.20 bits per heavy atom. The number of morpholine rings is 1. The van der Waals surface area contributed by atoms with Crippen LogP contribution < -0.4 is 0 Å². The first-order chi connectivity index (χ1) is 7.27. The quantitative estimate of drug-likeness (QED) is 0.734. The molecule has 0 unspecified atom stereocenters. The van der Waals surface area contributed by atoms with Crippen molar-refractivity contribution in [1.29, 1.82) is 0 Å². The van der Waals surface area contributed by atoms with Gasteiger partial charge in [0.25, 0.3) is 0 Å². The summed E-state index contributed by atoms with van der Waals surface area (Å²) in [5.74, 6) is 0. The molecule has 0 N–H and O–H groups in total. The number of hydrogen-bond acceptors (Lipinski definition) is 2. The molecule has 15 heavy (non-hydrogen) atoms. The molecule has 0 bridgehead atoms. The lowest BCUT2D eigenvalue weighted by atomic mass is 10.1. The van der Waals surface area contributed by atoms with Gasteiger partial charge in [0, 0.05) is 19.1 Å². The highest BCUT2D eigenvalue weighted by Gasteiger charge is 2.18. The molecule has 1 aliphatic heterocycles. The van der Waals surface area contributed by atoms with Crippen LogP contribution in [-0.4, -0.2) is 30.7 Å². The van der Waals surface area contributed by atoms with Crippen molar-refractivity contribution in [2.75, 3.05) is 19.8 Å². The normalized spacial score (nSPS) is 22.9. The molecule has 1 aliphatic rings. The first-order valence-corrected chi connectivity index (χ1v) is 5.63. The lowest BCUT2D eigenvalue weighted by Crippen LogP contribution is -2.43. The molecule has 2 heteroatoms. The van der Waals surface area contributed by atoms with E-state index >= 15 is 0 Å². The predicted molar refractivity (Wildman–Crippen MR) is 61.9 cm³/mol. The van der Waals surface area contributed by atoms with E-state index in [0.717, 1.165) is 26.3 Å². The highest BCUT2D eigenvalue weighted by atomic mass is 16.5. The molecular weight excluding hydrogens is 186 g/mol. The Bertz CT molecular complexity index is 324. The van der Waals surface area contributed by atoms with E-state index in [9.17, 15) is 0 Å². The molecule has 1 aromatic carbocycles. The minimum absolute atomic E-state index is 0.540. The molecule has 1 fully saturated rings. The van der Waals surface area contributed by atoms with Crippen LogP contribution in [-0.2, 0) is 11.3 Å². The van der Waals surface area contributed by atoms with Crippen molar-refractivity contribution in [3.8, 4) is 0 Å². The molecular formula is C13H19NO. The summed E-state index contributed by atoms with van der Waals surface area (Å²) in [5.41, 5.74) is 2.82. The number of aryl methyl sites for hydroxylation is 1. The highest BCUT2D eigenvalue weighted by Crippen LogP contribution is 2.14. The van der Waals surface area contributed by atoms with Gasteiger partial charge in [-0.3, -0.25) is 4.90 Å². The van der Waals surface area contributed by atoms with Crippen LogP contribution in [0.5, 0.6) is 0 Å². The van der Waals surface area contributed by atoms with Gasteiger partial charge >= 0.3 is 0 Å². The van der Waals surface area contributed by atoms with Crippen LogP contribution in [0.1, 0.15) is 18.1 Å². The van der Waals surface area contributed by atoms with E-state index in [0.29, 0.717) is 6.04 Å². The van der Waals surface area contributed by atoms with E-state index in [1.54, 1.807) is 0 Å². The Morgan fingerprint density at radius 3 is 2.93 bits per heavy atom. The van der Waals surface area contributed by atoms with Gasteiger partial charge in [-0.25, -0.2) is 0 Å². The molecule has 1 aromatic rings. The van der Waals surface area contributed by atoms with E-state index in [1.807, 2.05) is 0 Å². The number of rotatable bonds is 2. The van der Waals surface area contributed by atoms with Crippen molar-refractivity contribution in [1.82, 2.24) is 4.90 Å². The maximum Gasteiger partial charge on any atom is 0.0619 e. The molecule has 0 radical (unpaired) electrons. The Kier molecular flexibility index (Phi) is 3.39. The number of nitrogens with zero attached hydrogens (tertiary/aromatic N) is 1. The first kappa shape index (κ1) is 10.7. The van der Waals surface area contributed by atoms with Crippen LogP contribution in [0.15, 0.2) is 24.3 Å². The number of benzene rings is 1. The summed E-state index contributed by atoms with van der Waals surface area (Å²) in [5, 5.41) is 0. The van der Waals surface area contributed by atoms with Gasteiger partial charge in [0.1, 0.15) is 0 Å². The van der Waals surface area contributed by atoms with Gasteiger partial charge in [-0.2, -0.15) is 0 Å². The fourth-order valence-corrected chi connectivity index (χ4v) is 2.00. The SMILES string of the molecule is Cc1ccccc1CN1CCOC[C@@H]1C. The van der Waals surface area contributed by atoms with Gasteiger partial charge in [0.15, 0.2) is 0 Å². The fraction of sp³-hybridized carbons (Fsp3) is 0.538. The zero-order valence-electron chi connectivity index (χ0n) is 9.57. The van der Waals surface area contributed by atoms with E-state index in [-0.39, 0.29) is 0 Å². The zero-order chi connectivity index (χ0) is 10.7. The Labute approximate surface area is 91.9 Å². The Balaban J connectivity index is 2.04. The van der Waals surface area contributed by atoms with Crippen LogP contribution in [0.2, 0.25) is 0 Å². The Hall–Kier alpha value is -0.860. The topological polar surface area (TPSA) is 12.5 Å². The molecule has 2 nitrogen and oxygen atoms in total. The molecule has 2 rings (SSSR count). The minimum Gasteiger partial charge on any atom is -0.379 e. The van der Waals surface area contributed by atoms with Crippen LogP contribution in [0.25, 0.3) is 0 Å². The number of ether oxygens (including phenoxy) is 1. The molecule has 82 valence electrons. The second-order valence-corrected chi connectivity index (χ2v) is 4.32. The summed E-state index contributed by atoms with van der Waals surface area (Å²) in [7, 11) is 0. The van der Waals surface area contributed by atoms with Crippen molar-refractivity contribution in [3.05, 3.63) is 35.4 Å². The van der Waals surface area contributed by atoms with Gasteiger partial charge in [0.05, 0.1) is 13.2 Å². The average Bonchev–Trinajstić information content (AvgIpc) is 2.24. The van der Waals surface area contributed by atoms with Crippen molar-refractivity contribution in [3.63, 3.8) is 0 Å². The van der Waals surface area contributed by atoms with E-state index in [1.165, 1.54) is 11.1 Å². The third-order valence-electron chi connectivity index (χ3n) is 3.14. The third kappa shape index (κ3) is 2.58. The van der Waals surface area contributed by atoms with E-state index in [2.05, 4.69) is 43.0 Å². The Morgan fingerprint density at radius 1 is 1.40 bits per heavy atom. The molecule has 0 aromatic heterocycles. The van der Waals surface area contributed by atoms with Crippen LogP contribution in [0, 0.1) is 6.92 Å². The minimum atomic E-state index is 0.540.